The van der Waals surface area contributed by atoms with Gasteiger partial charge >= 0.3 is 0 Å². The number of nitrogens with zero attached hydrogens (tertiary/aromatic N) is 2. The van der Waals surface area contributed by atoms with Gasteiger partial charge in [0.25, 0.3) is 0 Å². The van der Waals surface area contributed by atoms with Crippen LogP contribution in [0.1, 0.15) is 25.0 Å². The van der Waals surface area contributed by atoms with E-state index in [0.717, 1.165) is 66.9 Å². The topological polar surface area (TPSA) is 21.3 Å². The summed E-state index contributed by atoms with van der Waals surface area (Å²) in [6.45, 7) is 4.70. The molecule has 2 aromatic heterocycles. The Bertz CT molecular complexity index is 3460. The molecule has 0 unspecified atom stereocenters. The molecular formula is C57H40N2O. The van der Waals surface area contributed by atoms with Gasteiger partial charge in [-0.2, -0.15) is 0 Å². The van der Waals surface area contributed by atoms with Crippen molar-refractivity contribution in [2.24, 2.45) is 0 Å². The van der Waals surface area contributed by atoms with Crippen molar-refractivity contribution < 1.29 is 4.42 Å². The number of fused-ring (bicyclic) bond motifs is 9. The number of anilines is 3. The Balaban J connectivity index is 1.12. The van der Waals surface area contributed by atoms with Gasteiger partial charge in [0.2, 0.25) is 0 Å². The normalized spacial score (nSPS) is 13.0. The minimum Gasteiger partial charge on any atom is -0.454 e. The molecule has 9 aromatic carbocycles. The summed E-state index contributed by atoms with van der Waals surface area (Å²) in [5.41, 5.74) is 18.1. The molecule has 12 rings (SSSR count). The molecule has 3 heteroatoms. The van der Waals surface area contributed by atoms with Crippen molar-refractivity contribution in [2.75, 3.05) is 4.90 Å². The van der Waals surface area contributed by atoms with Crippen LogP contribution in [0.5, 0.6) is 0 Å². The van der Waals surface area contributed by atoms with Gasteiger partial charge in [-0.05, 0) is 99.6 Å². The van der Waals surface area contributed by atoms with Gasteiger partial charge in [-0.25, -0.2) is 0 Å². The van der Waals surface area contributed by atoms with Crippen LogP contribution in [0.2, 0.25) is 0 Å². The molecule has 0 saturated heterocycles. The van der Waals surface area contributed by atoms with E-state index in [1.165, 1.54) is 44.1 Å². The van der Waals surface area contributed by atoms with E-state index in [-0.39, 0.29) is 5.41 Å². The van der Waals surface area contributed by atoms with E-state index in [1.54, 1.807) is 0 Å². The Kier molecular flexibility index (Phi) is 7.58. The zero-order chi connectivity index (χ0) is 40.0. The molecule has 0 atom stereocenters. The molecule has 0 fully saturated rings. The molecule has 60 heavy (non-hydrogen) atoms. The number of para-hydroxylation sites is 4. The van der Waals surface area contributed by atoms with Gasteiger partial charge in [0, 0.05) is 43.9 Å². The number of aromatic nitrogens is 1. The quantitative estimate of drug-likeness (QED) is 0.168. The summed E-state index contributed by atoms with van der Waals surface area (Å²) in [5, 5.41) is 4.65. The van der Waals surface area contributed by atoms with Crippen LogP contribution in [0.15, 0.2) is 211 Å². The third kappa shape index (κ3) is 5.09. The third-order valence-electron chi connectivity index (χ3n) is 12.8. The van der Waals surface area contributed by atoms with E-state index in [9.17, 15) is 0 Å². The number of benzene rings is 9. The molecule has 0 aliphatic heterocycles. The van der Waals surface area contributed by atoms with Crippen molar-refractivity contribution >= 4 is 60.8 Å². The van der Waals surface area contributed by atoms with Crippen LogP contribution in [0.25, 0.3) is 82.8 Å². The SMILES string of the molecule is CC1(C)c2ccccc2-c2ccc(N(c3ccccc3-c3ccccc3)c3ccc(-c4ccc5c(c4)c4ccccc4n5-c4ccccc4)c4c3oc3ccccc34)cc21. The van der Waals surface area contributed by atoms with Gasteiger partial charge in [-0.1, -0.05) is 159 Å². The zero-order valence-corrected chi connectivity index (χ0v) is 33.4. The lowest BCUT2D eigenvalue weighted by Crippen LogP contribution is -2.17. The fourth-order valence-corrected chi connectivity index (χ4v) is 10.00. The number of rotatable bonds is 6. The van der Waals surface area contributed by atoms with Gasteiger partial charge in [0.05, 0.1) is 22.4 Å². The highest BCUT2D eigenvalue weighted by molar-refractivity contribution is 6.18. The molecule has 2 heterocycles. The largest absolute Gasteiger partial charge is 0.454 e. The van der Waals surface area contributed by atoms with Crippen LogP contribution in [0, 0.1) is 0 Å². The standard InChI is InChI=1S/C57H40N2O/c1-57(2)48-25-13-9-22-43(48)44-31-30-40(36-49(44)57)59(50-26-14-10-21-41(50)37-17-5-3-6-18-37)53-34-32-42(55-46-24-12-16-28-54(46)60-56(53)55)38-29-33-52-47(35-38)45-23-11-15-27-51(45)58(52)39-19-7-4-8-20-39/h3-36H,1-2H3. The zero-order valence-electron chi connectivity index (χ0n) is 33.4. The molecule has 284 valence electrons. The third-order valence-corrected chi connectivity index (χ3v) is 12.8. The predicted octanol–water partition coefficient (Wildman–Crippen LogP) is 15.8. The van der Waals surface area contributed by atoms with Gasteiger partial charge in [0.15, 0.2) is 5.58 Å². The summed E-state index contributed by atoms with van der Waals surface area (Å²) in [6, 6.07) is 74.7. The molecule has 0 radical (unpaired) electrons. The Morgan fingerprint density at radius 2 is 1.08 bits per heavy atom. The van der Waals surface area contributed by atoms with E-state index in [2.05, 4.69) is 230 Å². The summed E-state index contributed by atoms with van der Waals surface area (Å²) < 4.78 is 9.45. The Morgan fingerprint density at radius 1 is 0.433 bits per heavy atom. The highest BCUT2D eigenvalue weighted by Gasteiger charge is 2.36. The molecule has 1 aliphatic carbocycles. The Morgan fingerprint density at radius 3 is 1.93 bits per heavy atom. The lowest BCUT2D eigenvalue weighted by atomic mass is 9.82. The first-order chi connectivity index (χ1) is 29.5. The van der Waals surface area contributed by atoms with Crippen LogP contribution in [-0.2, 0) is 5.41 Å². The lowest BCUT2D eigenvalue weighted by Gasteiger charge is -2.30. The van der Waals surface area contributed by atoms with E-state index in [0.29, 0.717) is 0 Å². The molecule has 0 N–H and O–H groups in total. The van der Waals surface area contributed by atoms with Crippen molar-refractivity contribution in [3.8, 4) is 39.1 Å². The maximum Gasteiger partial charge on any atom is 0.160 e. The summed E-state index contributed by atoms with van der Waals surface area (Å²) in [5.74, 6) is 0. The highest BCUT2D eigenvalue weighted by atomic mass is 16.3. The van der Waals surface area contributed by atoms with Crippen LogP contribution in [-0.4, -0.2) is 4.57 Å². The van der Waals surface area contributed by atoms with Gasteiger partial charge in [-0.3, -0.25) is 0 Å². The van der Waals surface area contributed by atoms with Crippen molar-refractivity contribution in [2.45, 2.75) is 19.3 Å². The van der Waals surface area contributed by atoms with Crippen molar-refractivity contribution in [1.82, 2.24) is 4.57 Å². The summed E-state index contributed by atoms with van der Waals surface area (Å²) in [6.07, 6.45) is 0. The summed E-state index contributed by atoms with van der Waals surface area (Å²) in [7, 11) is 0. The second kappa shape index (κ2) is 13.2. The second-order valence-corrected chi connectivity index (χ2v) is 16.5. The molecule has 1 aliphatic rings. The molecule has 0 spiro atoms. The van der Waals surface area contributed by atoms with Crippen LogP contribution >= 0.6 is 0 Å². The van der Waals surface area contributed by atoms with Gasteiger partial charge in [0.1, 0.15) is 5.58 Å². The fourth-order valence-electron chi connectivity index (χ4n) is 10.00. The highest BCUT2D eigenvalue weighted by Crippen LogP contribution is 2.53. The number of hydrogen-bond donors (Lipinski definition) is 0. The van der Waals surface area contributed by atoms with Crippen LogP contribution in [0.4, 0.5) is 17.1 Å². The molecule has 0 saturated carbocycles. The van der Waals surface area contributed by atoms with Crippen molar-refractivity contribution in [3.05, 3.63) is 217 Å². The van der Waals surface area contributed by atoms with Crippen molar-refractivity contribution in [1.29, 1.82) is 0 Å². The van der Waals surface area contributed by atoms with E-state index < -0.39 is 0 Å². The molecule has 3 nitrogen and oxygen atoms in total. The first-order valence-electron chi connectivity index (χ1n) is 20.8. The average molecular weight is 769 g/mol. The van der Waals surface area contributed by atoms with E-state index in [4.69, 9.17) is 4.42 Å². The average Bonchev–Trinajstić information content (AvgIpc) is 3.93. The molecule has 11 aromatic rings. The predicted molar refractivity (Wildman–Crippen MR) is 251 cm³/mol. The van der Waals surface area contributed by atoms with Gasteiger partial charge < -0.3 is 13.9 Å². The van der Waals surface area contributed by atoms with Crippen LogP contribution < -0.4 is 4.90 Å². The van der Waals surface area contributed by atoms with Gasteiger partial charge in [-0.15, -0.1) is 0 Å². The Hall–Kier alpha value is -7.62. The maximum atomic E-state index is 7.07. The van der Waals surface area contributed by atoms with E-state index in [1.807, 2.05) is 0 Å². The fraction of sp³-hybridized carbons (Fsp3) is 0.0526. The lowest BCUT2D eigenvalue weighted by molar-refractivity contribution is 0.660. The van der Waals surface area contributed by atoms with E-state index >= 15 is 0 Å². The molecule has 0 amide bonds. The first kappa shape index (κ1) is 34.4. The smallest absolute Gasteiger partial charge is 0.160 e. The Labute approximate surface area is 349 Å². The van der Waals surface area contributed by atoms with Crippen LogP contribution in [0.3, 0.4) is 0 Å². The summed E-state index contributed by atoms with van der Waals surface area (Å²) in [4.78, 5) is 2.42. The monoisotopic (exact) mass is 768 g/mol. The summed E-state index contributed by atoms with van der Waals surface area (Å²) >= 11 is 0. The minimum atomic E-state index is -0.159. The minimum absolute atomic E-state index is 0.159. The molecule has 0 bridgehead atoms. The maximum absolute atomic E-state index is 7.07. The van der Waals surface area contributed by atoms with Crippen molar-refractivity contribution in [3.63, 3.8) is 0 Å². The first-order valence-corrected chi connectivity index (χ1v) is 20.8. The number of furan rings is 1. The second-order valence-electron chi connectivity index (χ2n) is 16.5. The molecular weight excluding hydrogens is 729 g/mol. The number of hydrogen-bond acceptors (Lipinski definition) is 2.